The van der Waals surface area contributed by atoms with Gasteiger partial charge in [0.15, 0.2) is 0 Å². The maximum Gasteiger partial charge on any atom is 0.254 e. The van der Waals surface area contributed by atoms with Gasteiger partial charge in [-0.15, -0.1) is 6.58 Å². The van der Waals surface area contributed by atoms with E-state index in [2.05, 4.69) is 16.7 Å². The Morgan fingerprint density at radius 2 is 2.06 bits per heavy atom. The molecule has 1 aliphatic rings. The lowest BCUT2D eigenvalue weighted by Crippen LogP contribution is -2.46. The maximum absolute atomic E-state index is 13.6. The molecule has 0 spiro atoms. The minimum absolute atomic E-state index is 0.152. The first-order chi connectivity index (χ1) is 16.5. The quantitative estimate of drug-likeness (QED) is 0.447. The van der Waals surface area contributed by atoms with Crippen LogP contribution in [-0.2, 0) is 4.79 Å². The molecule has 0 bridgehead atoms. The van der Waals surface area contributed by atoms with Crippen LogP contribution in [0.4, 0.5) is 4.39 Å². The van der Waals surface area contributed by atoms with Gasteiger partial charge in [0.05, 0.1) is 0 Å². The molecule has 1 atom stereocenters. The van der Waals surface area contributed by atoms with Crippen molar-refractivity contribution in [2.45, 2.75) is 25.3 Å². The molecule has 2 amide bonds. The van der Waals surface area contributed by atoms with Crippen LogP contribution in [0.15, 0.2) is 65.7 Å². The predicted octanol–water partition coefficient (Wildman–Crippen LogP) is 4.91. The Morgan fingerprint density at radius 3 is 2.82 bits per heavy atom. The molecule has 1 fully saturated rings. The molecular weight excluding hydrogens is 459 g/mol. The second kappa shape index (κ2) is 10.6. The Kier molecular flexibility index (Phi) is 7.37. The number of hydrogen-bond acceptors (Lipinski definition) is 5. The van der Waals surface area contributed by atoms with E-state index in [9.17, 15) is 14.0 Å². The van der Waals surface area contributed by atoms with Crippen LogP contribution in [0.3, 0.4) is 0 Å². The van der Waals surface area contributed by atoms with Crippen LogP contribution >= 0.6 is 11.6 Å². The fourth-order valence-corrected chi connectivity index (χ4v) is 4.23. The third-order valence-electron chi connectivity index (χ3n) is 5.67. The molecule has 1 aliphatic heterocycles. The Labute approximate surface area is 201 Å². The number of carbonyl (C=O) groups excluding carboxylic acids is 2. The SMILES string of the molecule is C=CCN(CC(=O)N1CCCCC1c1nc(-c2cccc(Cl)c2)no1)C(=O)c1cccc(F)c1. The van der Waals surface area contributed by atoms with E-state index in [0.717, 1.165) is 18.9 Å². The number of carbonyl (C=O) groups is 2. The first kappa shape index (κ1) is 23.6. The van der Waals surface area contributed by atoms with Crippen LogP contribution in [-0.4, -0.2) is 51.4 Å². The Hall–Kier alpha value is -3.52. The van der Waals surface area contributed by atoms with Crippen LogP contribution in [0.1, 0.15) is 41.6 Å². The molecule has 1 saturated heterocycles. The van der Waals surface area contributed by atoms with Crippen molar-refractivity contribution in [2.75, 3.05) is 19.6 Å². The van der Waals surface area contributed by atoms with Crippen LogP contribution in [0, 0.1) is 5.82 Å². The van der Waals surface area contributed by atoms with Crippen molar-refractivity contribution in [1.82, 2.24) is 19.9 Å². The standard InChI is InChI=1S/C25H24ClFN4O3/c1-2-12-30(25(33)18-8-6-10-20(27)15-18)16-22(32)31-13-4-3-11-21(31)24-28-23(29-34-24)17-7-5-9-19(26)14-17/h2,5-10,14-15,21H,1,3-4,11-13,16H2. The number of nitrogens with zero attached hydrogens (tertiary/aromatic N) is 4. The van der Waals surface area contributed by atoms with Crippen LogP contribution < -0.4 is 0 Å². The molecule has 0 N–H and O–H groups in total. The normalized spacial score (nSPS) is 15.7. The van der Waals surface area contributed by atoms with Gasteiger partial charge in [0, 0.05) is 29.2 Å². The molecular formula is C25H24ClFN4O3. The van der Waals surface area contributed by atoms with Crippen molar-refractivity contribution in [1.29, 1.82) is 0 Å². The summed E-state index contributed by atoms with van der Waals surface area (Å²) in [5, 5.41) is 4.63. The Morgan fingerprint density at radius 1 is 1.24 bits per heavy atom. The van der Waals surface area contributed by atoms with E-state index in [4.69, 9.17) is 16.1 Å². The van der Waals surface area contributed by atoms with Gasteiger partial charge in [-0.3, -0.25) is 9.59 Å². The molecule has 0 aliphatic carbocycles. The van der Waals surface area contributed by atoms with E-state index in [-0.39, 0.29) is 24.6 Å². The number of amides is 2. The first-order valence-electron chi connectivity index (χ1n) is 11.0. The van der Waals surface area contributed by atoms with E-state index in [1.807, 2.05) is 6.07 Å². The van der Waals surface area contributed by atoms with Crippen molar-refractivity contribution in [3.8, 4) is 11.4 Å². The summed E-state index contributed by atoms with van der Waals surface area (Å²) in [6.07, 6.45) is 3.94. The summed E-state index contributed by atoms with van der Waals surface area (Å²) in [6.45, 7) is 4.17. The first-order valence-corrected chi connectivity index (χ1v) is 11.4. The van der Waals surface area contributed by atoms with E-state index >= 15 is 0 Å². The van der Waals surface area contributed by atoms with Crippen molar-refractivity contribution in [3.63, 3.8) is 0 Å². The highest BCUT2D eigenvalue weighted by molar-refractivity contribution is 6.30. The highest BCUT2D eigenvalue weighted by Crippen LogP contribution is 2.31. The van der Waals surface area contributed by atoms with Gasteiger partial charge in [-0.05, 0) is 49.6 Å². The van der Waals surface area contributed by atoms with Gasteiger partial charge >= 0.3 is 0 Å². The lowest BCUT2D eigenvalue weighted by Gasteiger charge is -2.35. The number of aromatic nitrogens is 2. The van der Waals surface area contributed by atoms with Crippen LogP contribution in [0.2, 0.25) is 5.02 Å². The van der Waals surface area contributed by atoms with Crippen molar-refractivity contribution >= 4 is 23.4 Å². The Bertz CT molecular complexity index is 1200. The number of piperidine rings is 1. The van der Waals surface area contributed by atoms with Gasteiger partial charge < -0.3 is 14.3 Å². The minimum atomic E-state index is -0.515. The van der Waals surface area contributed by atoms with Crippen molar-refractivity contribution < 1.29 is 18.5 Å². The van der Waals surface area contributed by atoms with Gasteiger partial charge in [-0.25, -0.2) is 4.39 Å². The number of hydrogen-bond donors (Lipinski definition) is 0. The molecule has 176 valence electrons. The number of likely N-dealkylation sites (tertiary alicyclic amines) is 1. The fourth-order valence-electron chi connectivity index (χ4n) is 4.04. The van der Waals surface area contributed by atoms with Crippen LogP contribution in [0.5, 0.6) is 0 Å². The summed E-state index contributed by atoms with van der Waals surface area (Å²) >= 11 is 6.07. The highest BCUT2D eigenvalue weighted by Gasteiger charge is 2.33. The van der Waals surface area contributed by atoms with Gasteiger partial charge in [0.2, 0.25) is 17.6 Å². The van der Waals surface area contributed by atoms with Gasteiger partial charge in [0.25, 0.3) is 5.91 Å². The molecule has 7 nitrogen and oxygen atoms in total. The molecule has 9 heteroatoms. The third-order valence-corrected chi connectivity index (χ3v) is 5.90. The molecule has 0 radical (unpaired) electrons. The monoisotopic (exact) mass is 482 g/mol. The highest BCUT2D eigenvalue weighted by atomic mass is 35.5. The third kappa shape index (κ3) is 5.34. The number of halogens is 2. The minimum Gasteiger partial charge on any atom is -0.337 e. The zero-order chi connectivity index (χ0) is 24.1. The molecule has 1 unspecified atom stereocenters. The topological polar surface area (TPSA) is 79.5 Å². The molecule has 2 heterocycles. The summed E-state index contributed by atoms with van der Waals surface area (Å²) in [5.41, 5.74) is 0.891. The molecule has 1 aromatic heterocycles. The molecule has 3 aromatic rings. The van der Waals surface area contributed by atoms with Gasteiger partial charge in [0.1, 0.15) is 18.4 Å². The lowest BCUT2D eigenvalue weighted by atomic mass is 10.0. The largest absolute Gasteiger partial charge is 0.337 e. The van der Waals surface area contributed by atoms with Crippen LogP contribution in [0.25, 0.3) is 11.4 Å². The summed E-state index contributed by atoms with van der Waals surface area (Å²) in [7, 11) is 0. The van der Waals surface area contributed by atoms with Gasteiger partial charge in [-0.1, -0.05) is 41.0 Å². The smallest absolute Gasteiger partial charge is 0.254 e. The van der Waals surface area contributed by atoms with Crippen molar-refractivity contribution in [3.05, 3.63) is 83.5 Å². The molecule has 34 heavy (non-hydrogen) atoms. The average Bonchev–Trinajstić information content (AvgIpc) is 3.33. The maximum atomic E-state index is 13.6. The lowest BCUT2D eigenvalue weighted by molar-refractivity contribution is -0.136. The predicted molar refractivity (Wildman–Crippen MR) is 126 cm³/mol. The summed E-state index contributed by atoms with van der Waals surface area (Å²) in [5.74, 6) is -0.473. The molecule has 4 rings (SSSR count). The molecule has 0 saturated carbocycles. The Balaban J connectivity index is 1.52. The summed E-state index contributed by atoms with van der Waals surface area (Å²) in [6, 6.07) is 12.1. The van der Waals surface area contributed by atoms with Crippen molar-refractivity contribution in [2.24, 2.45) is 0 Å². The second-order valence-corrected chi connectivity index (χ2v) is 8.49. The zero-order valence-corrected chi connectivity index (χ0v) is 19.2. The van der Waals surface area contributed by atoms with E-state index in [1.54, 1.807) is 23.1 Å². The van der Waals surface area contributed by atoms with E-state index in [1.165, 1.54) is 29.2 Å². The molecule has 2 aromatic carbocycles. The average molecular weight is 483 g/mol. The summed E-state index contributed by atoms with van der Waals surface area (Å²) in [4.78, 5) is 33.8. The fraction of sp³-hybridized carbons (Fsp3) is 0.280. The van der Waals surface area contributed by atoms with Gasteiger partial charge in [-0.2, -0.15) is 4.98 Å². The second-order valence-electron chi connectivity index (χ2n) is 8.05. The summed E-state index contributed by atoms with van der Waals surface area (Å²) < 4.78 is 19.1. The van der Waals surface area contributed by atoms with E-state index < -0.39 is 17.8 Å². The van der Waals surface area contributed by atoms with E-state index in [0.29, 0.717) is 35.3 Å². The number of benzene rings is 2. The number of rotatable bonds is 7. The zero-order valence-electron chi connectivity index (χ0n) is 18.5.